The second kappa shape index (κ2) is 30.5. The van der Waals surface area contributed by atoms with Crippen LogP contribution in [0.4, 0.5) is 0 Å². The van der Waals surface area contributed by atoms with Crippen LogP contribution in [0.2, 0.25) is 0 Å². The highest BCUT2D eigenvalue weighted by atomic mass is 15.1. The third kappa shape index (κ3) is 12.4. The van der Waals surface area contributed by atoms with Crippen molar-refractivity contribution in [3.8, 4) is 119 Å². The predicted octanol–water partition coefficient (Wildman–Crippen LogP) is 31.0. The van der Waals surface area contributed by atoms with Crippen LogP contribution in [0, 0.1) is 0 Å². The van der Waals surface area contributed by atoms with Gasteiger partial charge in [-0.15, -0.1) is 0 Å². The smallest absolute Gasteiger partial charge is 0.146 e. The van der Waals surface area contributed by atoms with Gasteiger partial charge >= 0.3 is 0 Å². The summed E-state index contributed by atoms with van der Waals surface area (Å²) in [7, 11) is 0. The van der Waals surface area contributed by atoms with Crippen LogP contribution in [0.1, 0.15) is 0 Å². The fourth-order valence-corrected chi connectivity index (χ4v) is 19.1. The molecule has 0 spiro atoms. The summed E-state index contributed by atoms with van der Waals surface area (Å²) < 4.78 is 7.03. The number of aromatic nitrogens is 6. The van der Waals surface area contributed by atoms with Crippen molar-refractivity contribution >= 4 is 108 Å². The highest BCUT2D eigenvalue weighted by Gasteiger charge is 2.29. The summed E-state index contributed by atoms with van der Waals surface area (Å²) in [5.74, 6) is 2.81. The molecule has 0 aliphatic heterocycles. The van der Waals surface area contributed by atoms with Crippen LogP contribution in [-0.4, -0.2) is 28.7 Å². The van der Waals surface area contributed by atoms with Gasteiger partial charge in [-0.2, -0.15) is 0 Å². The Balaban J connectivity index is 0.000000107. The minimum Gasteiger partial charge on any atom is -0.292 e. The molecule has 574 valence electrons. The second-order valence-corrected chi connectivity index (χ2v) is 31.5. The van der Waals surface area contributed by atoms with E-state index in [1.54, 1.807) is 0 Å². The van der Waals surface area contributed by atoms with Crippen molar-refractivity contribution in [2.24, 2.45) is 0 Å². The van der Waals surface area contributed by atoms with E-state index in [0.29, 0.717) is 0 Å². The molecule has 0 bridgehead atoms. The van der Waals surface area contributed by atoms with Crippen LogP contribution >= 0.6 is 0 Å². The van der Waals surface area contributed by atoms with E-state index in [9.17, 15) is 0 Å². The predicted molar refractivity (Wildman–Crippen MR) is 517 cm³/mol. The number of hydrogen-bond donors (Lipinski definition) is 0. The number of para-hydroxylation sites is 3. The lowest BCUT2D eigenvalue weighted by molar-refractivity contribution is 1.08. The van der Waals surface area contributed by atoms with E-state index in [1.807, 2.05) is 0 Å². The Hall–Kier alpha value is -16.4. The van der Waals surface area contributed by atoms with E-state index in [0.717, 1.165) is 119 Å². The Bertz CT molecular complexity index is 8170. The van der Waals surface area contributed by atoms with Gasteiger partial charge in [-0.1, -0.05) is 406 Å². The van der Waals surface area contributed by atoms with Gasteiger partial charge in [-0.05, 0) is 162 Å². The first-order valence-corrected chi connectivity index (χ1v) is 42.1. The Morgan fingerprint density at radius 1 is 0.146 bits per heavy atom. The maximum Gasteiger partial charge on any atom is 0.146 e. The van der Waals surface area contributed by atoms with Crippen LogP contribution in [0.5, 0.6) is 0 Å². The van der Waals surface area contributed by atoms with Crippen molar-refractivity contribution in [2.75, 3.05) is 0 Å². The van der Waals surface area contributed by atoms with Crippen LogP contribution in [0.3, 0.4) is 0 Å². The molecule has 3 aromatic heterocycles. The lowest BCUT2D eigenvalue weighted by Gasteiger charge is -2.18. The summed E-state index contributed by atoms with van der Waals surface area (Å²) in [6.45, 7) is 0. The molecule has 25 aromatic rings. The molecule has 25 rings (SSSR count). The van der Waals surface area contributed by atoms with Gasteiger partial charge < -0.3 is 0 Å². The number of fused-ring (bicyclic) bond motifs is 7. The molecule has 0 unspecified atom stereocenters. The highest BCUT2D eigenvalue weighted by molar-refractivity contribution is 6.34. The van der Waals surface area contributed by atoms with Crippen molar-refractivity contribution in [3.05, 3.63) is 461 Å². The summed E-state index contributed by atoms with van der Waals surface area (Å²) >= 11 is 0. The van der Waals surface area contributed by atoms with Gasteiger partial charge in [0.05, 0.1) is 34.2 Å². The molecular weight excluding hydrogens is 1490 g/mol. The summed E-state index contributed by atoms with van der Waals surface area (Å²) in [4.78, 5) is 16.5. The fourth-order valence-electron chi connectivity index (χ4n) is 19.1. The largest absolute Gasteiger partial charge is 0.292 e. The number of rotatable bonds is 12. The molecule has 123 heavy (non-hydrogen) atoms. The first kappa shape index (κ1) is 71.9. The zero-order valence-corrected chi connectivity index (χ0v) is 67.1. The van der Waals surface area contributed by atoms with Crippen molar-refractivity contribution < 1.29 is 0 Å². The average molecular weight is 1570 g/mol. The lowest BCUT2D eigenvalue weighted by Crippen LogP contribution is -2.01. The van der Waals surface area contributed by atoms with Gasteiger partial charge in [0.1, 0.15) is 17.5 Å². The molecule has 0 radical (unpaired) electrons. The quantitative estimate of drug-likeness (QED) is 0.0905. The molecule has 0 saturated heterocycles. The first-order valence-electron chi connectivity index (χ1n) is 42.1. The second-order valence-electron chi connectivity index (χ2n) is 31.5. The van der Waals surface area contributed by atoms with Crippen LogP contribution in [-0.2, 0) is 0 Å². The van der Waals surface area contributed by atoms with Gasteiger partial charge in [0.2, 0.25) is 0 Å². The normalized spacial score (nSPS) is 11.6. The third-order valence-corrected chi connectivity index (χ3v) is 24.5. The minimum absolute atomic E-state index is 0.931. The van der Waals surface area contributed by atoms with E-state index in [4.69, 9.17) is 15.0 Å². The van der Waals surface area contributed by atoms with E-state index in [-0.39, 0.29) is 0 Å². The maximum atomic E-state index is 5.50. The van der Waals surface area contributed by atoms with Crippen LogP contribution in [0.25, 0.3) is 226 Å². The molecule has 6 heteroatoms. The van der Waals surface area contributed by atoms with Gasteiger partial charge in [0.25, 0.3) is 0 Å². The maximum absolute atomic E-state index is 5.50. The van der Waals surface area contributed by atoms with Gasteiger partial charge in [0, 0.05) is 67.1 Å². The van der Waals surface area contributed by atoms with Crippen molar-refractivity contribution in [1.82, 2.24) is 28.7 Å². The Morgan fingerprint density at radius 3 is 0.878 bits per heavy atom. The van der Waals surface area contributed by atoms with Gasteiger partial charge in [-0.25, -0.2) is 15.0 Å². The number of nitrogens with zero attached hydrogens (tertiary/aromatic N) is 6. The van der Waals surface area contributed by atoms with Crippen LogP contribution < -0.4 is 0 Å². The van der Waals surface area contributed by atoms with Crippen molar-refractivity contribution in [3.63, 3.8) is 0 Å². The fraction of sp³-hybridized carbons (Fsp3) is 0. The molecule has 0 saturated carbocycles. The first-order chi connectivity index (χ1) is 61.1. The zero-order chi connectivity index (χ0) is 81.3. The molecule has 0 N–H and O–H groups in total. The molecule has 0 atom stereocenters. The number of imidazole rings is 3. The van der Waals surface area contributed by atoms with E-state index < -0.39 is 0 Å². The zero-order valence-electron chi connectivity index (χ0n) is 67.1. The van der Waals surface area contributed by atoms with Crippen LogP contribution in [0.15, 0.2) is 461 Å². The highest BCUT2D eigenvalue weighted by Crippen LogP contribution is 2.50. The Labute approximate surface area is 711 Å². The molecular formula is C117H76N6. The van der Waals surface area contributed by atoms with E-state index in [1.165, 1.54) is 108 Å². The third-order valence-electron chi connectivity index (χ3n) is 24.5. The molecule has 0 fully saturated rings. The average Bonchev–Trinajstić information content (AvgIpc) is 1.67. The monoisotopic (exact) mass is 1560 g/mol. The molecule has 6 nitrogen and oxygen atoms in total. The topological polar surface area (TPSA) is 53.5 Å². The summed E-state index contributed by atoms with van der Waals surface area (Å²) in [6, 6.07) is 164. The molecule has 0 amide bonds. The SMILES string of the molecule is c1ccc(-c2nc(-c3cc4c5ccccc5ccc4c4ccccc34)n(-c3ccccc3)c2-c2ccccc2)cc1.c1ccc(-c2nc(-c3ccc4c5cccc6cccc(c7cccc3c74)c65)n(-c3ccccc3)c2-c2ccccc2)cc1.c1ccc(-c2nc(-c3ccc4ccc5cccc6ccc3c4c56)n(-c3ccccc3)c2-c2ccccc2)cc1. The van der Waals surface area contributed by atoms with Crippen molar-refractivity contribution in [2.45, 2.75) is 0 Å². The summed E-state index contributed by atoms with van der Waals surface area (Å²) in [5.41, 5.74) is 19.5. The molecule has 22 aromatic carbocycles. The summed E-state index contributed by atoms with van der Waals surface area (Å²) in [6.07, 6.45) is 0. The number of benzene rings is 22. The summed E-state index contributed by atoms with van der Waals surface area (Å²) in [5, 5.41) is 25.3. The van der Waals surface area contributed by atoms with Gasteiger partial charge in [-0.3, -0.25) is 13.7 Å². The minimum atomic E-state index is 0.931. The van der Waals surface area contributed by atoms with E-state index in [2.05, 4.69) is 475 Å². The molecule has 0 aliphatic rings. The Kier molecular flexibility index (Phi) is 17.8. The number of hydrogen-bond acceptors (Lipinski definition) is 3. The van der Waals surface area contributed by atoms with E-state index >= 15 is 0 Å². The molecule has 0 aliphatic carbocycles. The van der Waals surface area contributed by atoms with Gasteiger partial charge in [0.15, 0.2) is 0 Å². The Morgan fingerprint density at radius 2 is 0.415 bits per heavy atom. The lowest BCUT2D eigenvalue weighted by atomic mass is 9.88. The standard InChI is InChI=1S/C41H26N2.C39H26N2.C37H24N2/c1-4-13-28(14-5-1)39-40(29-15-6-2-7-16-29)43(30-19-8-3-9-20-30)41(42-39)36-26-25-35-32-22-11-18-27-17-10-21-31(37(27)32)33-23-12-24-34(36)38(33)35;1-4-15-28(16-5-1)37-38(29-17-6-2-7-18-29)41(30-19-8-3-9-20-30)39(40-37)36-26-35-31-21-11-10-14-27(31)24-25-34(35)32-22-12-13-23-33(32)36;1-4-11-28(12-5-1)35-36(29-13-6-2-7-14-29)39(30-17-8-3-9-18-30)37(38-35)32-24-22-27-20-19-25-15-10-16-26-21-23-31(32)34(27)33(25)26/h1-26H;1-26H;1-24H. The molecule has 3 heterocycles. The van der Waals surface area contributed by atoms with Crippen molar-refractivity contribution in [1.29, 1.82) is 0 Å².